The first-order valence-corrected chi connectivity index (χ1v) is 13.4. The molecular weight excluding hydrogens is 486 g/mol. The standard InChI is InChI=1S/C34H31NO4/c1-4-38-29-18-23(15-17-28(29)39-33(37)22-11-6-5-7-12-22)32-31-25(19-34(2,3)20-27(31)36)30-24-13-9-8-10-21(24)14-16-26(30)35-32/h5-18,32,35H,4,19-20H2,1-3H3. The van der Waals surface area contributed by atoms with Crippen LogP contribution in [0.3, 0.4) is 0 Å². The van der Waals surface area contributed by atoms with Crippen LogP contribution in [0.4, 0.5) is 5.69 Å². The van der Waals surface area contributed by atoms with Gasteiger partial charge in [0.15, 0.2) is 17.3 Å². The molecule has 1 aliphatic heterocycles. The number of Topliss-reactive ketones (excluding diaryl/α,β-unsaturated/α-hetero) is 1. The zero-order chi connectivity index (χ0) is 27.1. The summed E-state index contributed by atoms with van der Waals surface area (Å²) in [4.78, 5) is 26.5. The third kappa shape index (κ3) is 4.59. The van der Waals surface area contributed by atoms with E-state index in [1.54, 1.807) is 30.3 Å². The smallest absolute Gasteiger partial charge is 0.343 e. The van der Waals surface area contributed by atoms with Crippen molar-refractivity contribution in [1.29, 1.82) is 0 Å². The van der Waals surface area contributed by atoms with Gasteiger partial charge in [-0.15, -0.1) is 0 Å². The van der Waals surface area contributed by atoms with Crippen molar-refractivity contribution in [3.63, 3.8) is 0 Å². The van der Waals surface area contributed by atoms with E-state index in [1.165, 1.54) is 0 Å². The Labute approximate surface area is 228 Å². The van der Waals surface area contributed by atoms with E-state index < -0.39 is 5.97 Å². The van der Waals surface area contributed by atoms with Gasteiger partial charge in [0.25, 0.3) is 0 Å². The van der Waals surface area contributed by atoms with E-state index in [-0.39, 0.29) is 17.2 Å². The van der Waals surface area contributed by atoms with Crippen LogP contribution in [0.15, 0.2) is 90.5 Å². The summed E-state index contributed by atoms with van der Waals surface area (Å²) >= 11 is 0. The second-order valence-corrected chi connectivity index (χ2v) is 11.0. The van der Waals surface area contributed by atoms with Crippen molar-refractivity contribution in [2.45, 2.75) is 39.7 Å². The summed E-state index contributed by atoms with van der Waals surface area (Å²) in [5.41, 5.74) is 5.29. The zero-order valence-corrected chi connectivity index (χ0v) is 22.4. The monoisotopic (exact) mass is 517 g/mol. The number of hydrogen-bond donors (Lipinski definition) is 1. The van der Waals surface area contributed by atoms with Gasteiger partial charge in [-0.25, -0.2) is 4.79 Å². The third-order valence-electron chi connectivity index (χ3n) is 7.55. The molecule has 1 aliphatic carbocycles. The quantitative estimate of drug-likeness (QED) is 0.216. The highest BCUT2D eigenvalue weighted by atomic mass is 16.6. The zero-order valence-electron chi connectivity index (χ0n) is 22.4. The van der Waals surface area contributed by atoms with Crippen molar-refractivity contribution in [2.24, 2.45) is 5.41 Å². The maximum atomic E-state index is 13.8. The molecule has 4 aromatic rings. The minimum Gasteiger partial charge on any atom is -0.490 e. The predicted molar refractivity (Wildman–Crippen MR) is 154 cm³/mol. The minimum atomic E-state index is -0.449. The summed E-state index contributed by atoms with van der Waals surface area (Å²) in [5.74, 6) is 0.531. The van der Waals surface area contributed by atoms with Gasteiger partial charge in [-0.2, -0.15) is 0 Å². The van der Waals surface area contributed by atoms with E-state index in [2.05, 4.69) is 49.5 Å². The average Bonchev–Trinajstić information content (AvgIpc) is 2.93. The van der Waals surface area contributed by atoms with E-state index in [1.807, 2.05) is 31.2 Å². The van der Waals surface area contributed by atoms with Crippen LogP contribution in [-0.2, 0) is 4.79 Å². The van der Waals surface area contributed by atoms with Crippen molar-refractivity contribution in [3.8, 4) is 11.5 Å². The summed E-state index contributed by atoms with van der Waals surface area (Å²) in [5, 5.41) is 5.98. The molecule has 0 saturated heterocycles. The Morgan fingerprint density at radius 1 is 0.923 bits per heavy atom. The number of anilines is 1. The second-order valence-electron chi connectivity index (χ2n) is 11.0. The van der Waals surface area contributed by atoms with E-state index in [4.69, 9.17) is 9.47 Å². The number of nitrogens with one attached hydrogen (secondary N) is 1. The molecule has 0 radical (unpaired) electrons. The topological polar surface area (TPSA) is 64.6 Å². The Hall–Kier alpha value is -4.38. The highest BCUT2D eigenvalue weighted by molar-refractivity contribution is 6.12. The first-order chi connectivity index (χ1) is 18.8. The maximum absolute atomic E-state index is 13.8. The fourth-order valence-electron chi connectivity index (χ4n) is 5.88. The summed E-state index contributed by atoms with van der Waals surface area (Å²) in [6, 6.07) is 26.7. The lowest BCUT2D eigenvalue weighted by molar-refractivity contribution is -0.118. The van der Waals surface area contributed by atoms with E-state index >= 15 is 0 Å². The fourth-order valence-corrected chi connectivity index (χ4v) is 5.88. The molecular formula is C34H31NO4. The molecule has 0 spiro atoms. The van der Waals surface area contributed by atoms with Gasteiger partial charge in [0.05, 0.1) is 18.2 Å². The van der Waals surface area contributed by atoms with Crippen LogP contribution in [0.25, 0.3) is 16.3 Å². The normalized spacial score (nSPS) is 17.7. The lowest BCUT2D eigenvalue weighted by Gasteiger charge is -2.40. The molecule has 5 heteroatoms. The van der Waals surface area contributed by atoms with Crippen molar-refractivity contribution in [1.82, 2.24) is 0 Å². The van der Waals surface area contributed by atoms with Gasteiger partial charge in [-0.1, -0.05) is 68.4 Å². The third-order valence-corrected chi connectivity index (χ3v) is 7.55. The number of hydrogen-bond acceptors (Lipinski definition) is 5. The Balaban J connectivity index is 1.45. The first kappa shape index (κ1) is 24.9. The van der Waals surface area contributed by atoms with Crippen molar-refractivity contribution in [2.75, 3.05) is 11.9 Å². The van der Waals surface area contributed by atoms with Gasteiger partial charge in [-0.3, -0.25) is 4.79 Å². The molecule has 39 heavy (non-hydrogen) atoms. The van der Waals surface area contributed by atoms with Gasteiger partial charge in [0, 0.05) is 23.2 Å². The average molecular weight is 518 g/mol. The number of esters is 1. The molecule has 0 aromatic heterocycles. The van der Waals surface area contributed by atoms with Gasteiger partial charge in [0.1, 0.15) is 0 Å². The molecule has 1 heterocycles. The molecule has 0 fully saturated rings. The molecule has 0 bridgehead atoms. The number of allylic oxidation sites excluding steroid dienone is 1. The Morgan fingerprint density at radius 3 is 2.49 bits per heavy atom. The van der Waals surface area contributed by atoms with E-state index in [0.717, 1.165) is 45.2 Å². The molecule has 1 N–H and O–H groups in total. The van der Waals surface area contributed by atoms with Crippen molar-refractivity contribution < 1.29 is 19.1 Å². The van der Waals surface area contributed by atoms with Gasteiger partial charge in [0.2, 0.25) is 0 Å². The van der Waals surface area contributed by atoms with Crippen LogP contribution in [-0.4, -0.2) is 18.4 Å². The lowest BCUT2D eigenvalue weighted by atomic mass is 9.68. The fraction of sp³-hybridized carbons (Fsp3) is 0.235. The summed E-state index contributed by atoms with van der Waals surface area (Å²) in [6.07, 6.45) is 1.31. The van der Waals surface area contributed by atoms with Gasteiger partial charge < -0.3 is 14.8 Å². The van der Waals surface area contributed by atoms with Crippen LogP contribution in [0, 0.1) is 5.41 Å². The molecule has 5 nitrogen and oxygen atoms in total. The number of fused-ring (bicyclic) bond motifs is 4. The predicted octanol–water partition coefficient (Wildman–Crippen LogP) is 7.77. The van der Waals surface area contributed by atoms with Crippen molar-refractivity contribution >= 4 is 33.8 Å². The Bertz CT molecular complexity index is 1630. The summed E-state index contributed by atoms with van der Waals surface area (Å²) in [7, 11) is 0. The largest absolute Gasteiger partial charge is 0.490 e. The van der Waals surface area contributed by atoms with Crippen LogP contribution >= 0.6 is 0 Å². The lowest BCUT2D eigenvalue weighted by Crippen LogP contribution is -2.33. The molecule has 2 aliphatic rings. The van der Waals surface area contributed by atoms with E-state index in [9.17, 15) is 9.59 Å². The SMILES string of the molecule is CCOc1cc(C2Nc3ccc4ccccc4c3C3=C2C(=O)CC(C)(C)C3)ccc1OC(=O)c1ccccc1. The maximum Gasteiger partial charge on any atom is 0.343 e. The van der Waals surface area contributed by atoms with Crippen LogP contribution < -0.4 is 14.8 Å². The number of benzene rings is 4. The Morgan fingerprint density at radius 2 is 1.69 bits per heavy atom. The van der Waals surface area contributed by atoms with E-state index in [0.29, 0.717) is 30.1 Å². The Kier molecular flexibility index (Phi) is 6.22. The highest BCUT2D eigenvalue weighted by Crippen LogP contribution is 2.52. The molecule has 6 rings (SSSR count). The van der Waals surface area contributed by atoms with Gasteiger partial charge >= 0.3 is 5.97 Å². The summed E-state index contributed by atoms with van der Waals surface area (Å²) < 4.78 is 11.6. The molecule has 0 amide bonds. The first-order valence-electron chi connectivity index (χ1n) is 13.4. The molecule has 0 saturated carbocycles. The number of carbonyl (C=O) groups excluding carboxylic acids is 2. The molecule has 1 atom stereocenters. The van der Waals surface area contributed by atoms with Crippen LogP contribution in [0.2, 0.25) is 0 Å². The number of ketones is 1. The van der Waals surface area contributed by atoms with Crippen molar-refractivity contribution in [3.05, 3.63) is 107 Å². The second kappa shape index (κ2) is 9.73. The number of carbonyl (C=O) groups is 2. The molecule has 1 unspecified atom stereocenters. The molecule has 4 aromatic carbocycles. The minimum absolute atomic E-state index is 0.127. The summed E-state index contributed by atoms with van der Waals surface area (Å²) in [6.45, 7) is 6.63. The number of rotatable bonds is 5. The van der Waals surface area contributed by atoms with Crippen LogP contribution in [0.5, 0.6) is 11.5 Å². The highest BCUT2D eigenvalue weighted by Gasteiger charge is 2.41. The van der Waals surface area contributed by atoms with Gasteiger partial charge in [-0.05, 0) is 71.0 Å². The van der Waals surface area contributed by atoms with Crippen LogP contribution in [0.1, 0.15) is 61.1 Å². The number of ether oxygens (including phenoxy) is 2. The molecule has 196 valence electrons.